The highest BCUT2D eigenvalue weighted by atomic mass is 16.5. The van der Waals surface area contributed by atoms with Gasteiger partial charge in [0.25, 0.3) is 0 Å². The Bertz CT molecular complexity index is 1130. The van der Waals surface area contributed by atoms with E-state index < -0.39 is 6.09 Å². The lowest BCUT2D eigenvalue weighted by molar-refractivity contribution is 0.143. The molecule has 0 aromatic heterocycles. The van der Waals surface area contributed by atoms with Gasteiger partial charge in [0.2, 0.25) is 0 Å². The number of nitrogens with zero attached hydrogens (tertiary/aromatic N) is 1. The summed E-state index contributed by atoms with van der Waals surface area (Å²) in [6, 6.07) is 23.9. The second-order valence-electron chi connectivity index (χ2n) is 7.40. The topological polar surface area (TPSA) is 88.1 Å². The number of hydrogen-bond donors (Lipinski definition) is 2. The molecule has 1 amide bonds. The average molecular weight is 409 g/mol. The Labute approximate surface area is 181 Å². The molecule has 0 saturated carbocycles. The third-order valence-electron chi connectivity index (χ3n) is 5.43. The molecule has 0 atom stereocenters. The fourth-order valence-corrected chi connectivity index (χ4v) is 3.90. The van der Waals surface area contributed by atoms with Crippen LogP contribution >= 0.6 is 0 Å². The van der Waals surface area contributed by atoms with Gasteiger partial charge in [-0.25, -0.2) is 4.79 Å². The highest BCUT2D eigenvalue weighted by Crippen LogP contribution is 2.44. The monoisotopic (exact) mass is 409 g/mol. The van der Waals surface area contributed by atoms with Crippen LogP contribution < -0.4 is 11.1 Å². The number of hydrogen-bond acceptors (Lipinski definition) is 4. The van der Waals surface area contributed by atoms with Crippen molar-refractivity contribution in [3.63, 3.8) is 0 Å². The highest BCUT2D eigenvalue weighted by Gasteiger charge is 2.28. The van der Waals surface area contributed by atoms with E-state index in [1.807, 2.05) is 42.5 Å². The molecule has 5 nitrogen and oxygen atoms in total. The molecule has 1 aliphatic carbocycles. The van der Waals surface area contributed by atoms with Gasteiger partial charge in [-0.2, -0.15) is 5.26 Å². The molecule has 5 heteroatoms. The summed E-state index contributed by atoms with van der Waals surface area (Å²) in [4.78, 5) is 12.2. The lowest BCUT2D eigenvalue weighted by Gasteiger charge is -2.14. The lowest BCUT2D eigenvalue weighted by atomic mass is 9.98. The first-order valence-corrected chi connectivity index (χ1v) is 10.2. The van der Waals surface area contributed by atoms with Gasteiger partial charge < -0.3 is 15.8 Å². The smallest absolute Gasteiger partial charge is 0.407 e. The molecule has 0 heterocycles. The predicted molar refractivity (Wildman–Crippen MR) is 122 cm³/mol. The van der Waals surface area contributed by atoms with Crippen LogP contribution in [-0.2, 0) is 4.74 Å². The van der Waals surface area contributed by atoms with Crippen LogP contribution in [0.3, 0.4) is 0 Å². The van der Waals surface area contributed by atoms with Crippen LogP contribution in [0.15, 0.2) is 72.8 Å². The summed E-state index contributed by atoms with van der Waals surface area (Å²) >= 11 is 0. The van der Waals surface area contributed by atoms with Crippen LogP contribution in [0.2, 0.25) is 0 Å². The zero-order chi connectivity index (χ0) is 21.6. The number of carbonyl (C=O) groups is 1. The number of ether oxygens (including phenoxy) is 1. The number of amides is 1. The first-order valence-electron chi connectivity index (χ1n) is 10.2. The number of nitriles is 1. The minimum absolute atomic E-state index is 0.0536. The molecule has 0 bridgehead atoms. The number of nitrogen functional groups attached to an aromatic ring is 1. The average Bonchev–Trinajstić information content (AvgIpc) is 3.12. The molecule has 0 saturated heterocycles. The fourth-order valence-electron chi connectivity index (χ4n) is 3.90. The molecule has 4 rings (SSSR count). The van der Waals surface area contributed by atoms with E-state index in [9.17, 15) is 4.79 Å². The van der Waals surface area contributed by atoms with Gasteiger partial charge in [-0.3, -0.25) is 0 Å². The largest absolute Gasteiger partial charge is 0.449 e. The van der Waals surface area contributed by atoms with Crippen molar-refractivity contribution in [2.45, 2.75) is 12.3 Å². The number of nitrogens with one attached hydrogen (secondary N) is 1. The van der Waals surface area contributed by atoms with Crippen molar-refractivity contribution >= 4 is 17.9 Å². The summed E-state index contributed by atoms with van der Waals surface area (Å²) in [7, 11) is 0. The number of alkyl carbamates (subject to hydrolysis) is 1. The molecule has 0 spiro atoms. The maximum absolute atomic E-state index is 12.2. The number of anilines is 1. The SMILES string of the molecule is N#Cc1cc(C=CCCNC(=O)OCC2c3ccccc3-c3ccccc32)ccc1N. The Balaban J connectivity index is 1.27. The fraction of sp³-hybridized carbons (Fsp3) is 0.154. The summed E-state index contributed by atoms with van der Waals surface area (Å²) in [6.07, 6.45) is 4.07. The standard InChI is InChI=1S/C26H23N3O2/c27-16-19-15-18(12-13-25(19)28)7-5-6-14-29-26(30)31-17-24-22-10-3-1-8-20(22)21-9-2-4-11-23(21)24/h1-5,7-13,15,24H,6,14,17,28H2,(H,29,30). The van der Waals surface area contributed by atoms with Crippen LogP contribution in [0.1, 0.15) is 34.6 Å². The second kappa shape index (κ2) is 9.19. The minimum atomic E-state index is -0.422. The minimum Gasteiger partial charge on any atom is -0.449 e. The number of carbonyl (C=O) groups excluding carboxylic acids is 1. The van der Waals surface area contributed by atoms with Crippen molar-refractivity contribution in [3.8, 4) is 17.2 Å². The molecule has 154 valence electrons. The summed E-state index contributed by atoms with van der Waals surface area (Å²) in [5.74, 6) is 0.0536. The van der Waals surface area contributed by atoms with Crippen LogP contribution in [0.25, 0.3) is 17.2 Å². The van der Waals surface area contributed by atoms with E-state index in [0.29, 0.717) is 30.8 Å². The second-order valence-corrected chi connectivity index (χ2v) is 7.40. The van der Waals surface area contributed by atoms with Gasteiger partial charge in [-0.15, -0.1) is 0 Å². The zero-order valence-corrected chi connectivity index (χ0v) is 17.0. The summed E-state index contributed by atoms with van der Waals surface area (Å²) in [5.41, 5.74) is 12.4. The molecule has 3 N–H and O–H groups in total. The van der Waals surface area contributed by atoms with E-state index in [1.54, 1.807) is 12.1 Å². The van der Waals surface area contributed by atoms with E-state index in [0.717, 1.165) is 5.56 Å². The van der Waals surface area contributed by atoms with Crippen LogP contribution in [0.5, 0.6) is 0 Å². The van der Waals surface area contributed by atoms with Gasteiger partial charge in [-0.1, -0.05) is 66.7 Å². The van der Waals surface area contributed by atoms with E-state index in [4.69, 9.17) is 15.7 Å². The molecule has 0 radical (unpaired) electrons. The van der Waals surface area contributed by atoms with Crippen molar-refractivity contribution < 1.29 is 9.53 Å². The third kappa shape index (κ3) is 4.44. The first-order chi connectivity index (χ1) is 15.2. The van der Waals surface area contributed by atoms with E-state index in [1.165, 1.54) is 22.3 Å². The predicted octanol–water partition coefficient (Wildman–Crippen LogP) is 5.08. The summed E-state index contributed by atoms with van der Waals surface area (Å²) in [5, 5.41) is 11.8. The van der Waals surface area contributed by atoms with Gasteiger partial charge in [0.1, 0.15) is 12.7 Å². The molecule has 31 heavy (non-hydrogen) atoms. The Morgan fingerprint density at radius 2 is 1.74 bits per heavy atom. The van der Waals surface area contributed by atoms with Crippen LogP contribution in [0, 0.1) is 11.3 Å². The molecule has 3 aromatic carbocycles. The number of fused-ring (bicyclic) bond motifs is 3. The molecule has 0 unspecified atom stereocenters. The van der Waals surface area contributed by atoms with Crippen LogP contribution in [0.4, 0.5) is 10.5 Å². The number of rotatable bonds is 6. The summed E-state index contributed by atoms with van der Waals surface area (Å²) in [6.45, 7) is 0.769. The Morgan fingerprint density at radius 1 is 1.06 bits per heavy atom. The van der Waals surface area contributed by atoms with E-state index in [-0.39, 0.29) is 5.92 Å². The van der Waals surface area contributed by atoms with Crippen molar-refractivity contribution in [3.05, 3.63) is 95.1 Å². The Hall–Kier alpha value is -4.04. The first kappa shape index (κ1) is 20.2. The van der Waals surface area contributed by atoms with Crippen LogP contribution in [-0.4, -0.2) is 19.2 Å². The molecular weight excluding hydrogens is 386 g/mol. The quantitative estimate of drug-likeness (QED) is 0.439. The van der Waals surface area contributed by atoms with Crippen molar-refractivity contribution in [2.75, 3.05) is 18.9 Å². The van der Waals surface area contributed by atoms with Gasteiger partial charge in [0, 0.05) is 18.2 Å². The van der Waals surface area contributed by atoms with Crippen molar-refractivity contribution in [2.24, 2.45) is 0 Å². The third-order valence-corrected chi connectivity index (χ3v) is 5.43. The highest BCUT2D eigenvalue weighted by molar-refractivity contribution is 5.79. The molecule has 3 aromatic rings. The van der Waals surface area contributed by atoms with Crippen molar-refractivity contribution in [1.82, 2.24) is 5.32 Å². The summed E-state index contributed by atoms with van der Waals surface area (Å²) < 4.78 is 5.52. The Kier molecular flexibility index (Phi) is 6.00. The molecule has 0 aliphatic heterocycles. The van der Waals surface area contributed by atoms with Gasteiger partial charge in [-0.05, 0) is 46.4 Å². The van der Waals surface area contributed by atoms with Crippen molar-refractivity contribution in [1.29, 1.82) is 5.26 Å². The normalized spacial score (nSPS) is 12.2. The Morgan fingerprint density at radius 3 is 2.42 bits per heavy atom. The van der Waals surface area contributed by atoms with Gasteiger partial charge in [0.05, 0.1) is 5.56 Å². The molecule has 0 fully saturated rings. The number of benzene rings is 3. The maximum atomic E-state index is 12.2. The molecule has 1 aliphatic rings. The van der Waals surface area contributed by atoms with E-state index >= 15 is 0 Å². The zero-order valence-electron chi connectivity index (χ0n) is 17.0. The maximum Gasteiger partial charge on any atom is 0.407 e. The van der Waals surface area contributed by atoms with Gasteiger partial charge >= 0.3 is 6.09 Å². The number of nitrogens with two attached hydrogens (primary N) is 1. The van der Waals surface area contributed by atoms with E-state index in [2.05, 4.69) is 35.7 Å². The molecular formula is C26H23N3O2. The lowest BCUT2D eigenvalue weighted by Crippen LogP contribution is -2.26. The van der Waals surface area contributed by atoms with Gasteiger partial charge in [0.15, 0.2) is 0 Å².